The third kappa shape index (κ3) is 1.88. The predicted molar refractivity (Wildman–Crippen MR) is 87.9 cm³/mol. The standard InChI is InChI=1S/C18H16N4/c1-11-8-17(20-16-7-5-4-6-14(11)16)15-10-19-18-9-12(2)21-22(18)13(15)3/h4-10H,1-3H3. The van der Waals surface area contributed by atoms with Gasteiger partial charge in [-0.15, -0.1) is 0 Å². The van der Waals surface area contributed by atoms with Crippen LogP contribution >= 0.6 is 0 Å². The third-order valence-electron chi connectivity index (χ3n) is 4.05. The van der Waals surface area contributed by atoms with E-state index in [4.69, 9.17) is 4.98 Å². The molecule has 0 aliphatic carbocycles. The fourth-order valence-corrected chi connectivity index (χ4v) is 2.90. The van der Waals surface area contributed by atoms with Gasteiger partial charge in [-0.3, -0.25) is 0 Å². The molecule has 0 fully saturated rings. The molecule has 22 heavy (non-hydrogen) atoms. The molecule has 4 rings (SSSR count). The van der Waals surface area contributed by atoms with Crippen LogP contribution in [0.4, 0.5) is 0 Å². The summed E-state index contributed by atoms with van der Waals surface area (Å²) in [5, 5.41) is 5.70. The van der Waals surface area contributed by atoms with Crippen LogP contribution in [-0.4, -0.2) is 19.6 Å². The Balaban J connectivity index is 2.00. The summed E-state index contributed by atoms with van der Waals surface area (Å²) < 4.78 is 1.89. The Bertz CT molecular complexity index is 1010. The highest BCUT2D eigenvalue weighted by Gasteiger charge is 2.11. The zero-order chi connectivity index (χ0) is 15.3. The van der Waals surface area contributed by atoms with E-state index in [9.17, 15) is 0 Å². The number of pyridine rings is 1. The molecule has 0 unspecified atom stereocenters. The number of aryl methyl sites for hydroxylation is 3. The van der Waals surface area contributed by atoms with Crippen LogP contribution in [-0.2, 0) is 0 Å². The van der Waals surface area contributed by atoms with Crippen LogP contribution < -0.4 is 0 Å². The summed E-state index contributed by atoms with van der Waals surface area (Å²) >= 11 is 0. The molecule has 0 amide bonds. The smallest absolute Gasteiger partial charge is 0.155 e. The van der Waals surface area contributed by atoms with Gasteiger partial charge >= 0.3 is 0 Å². The van der Waals surface area contributed by atoms with Crippen LogP contribution in [0.1, 0.15) is 17.0 Å². The largest absolute Gasteiger partial charge is 0.248 e. The second-order valence-corrected chi connectivity index (χ2v) is 5.65. The predicted octanol–water partition coefficient (Wildman–Crippen LogP) is 3.87. The van der Waals surface area contributed by atoms with Crippen molar-refractivity contribution in [2.45, 2.75) is 20.8 Å². The van der Waals surface area contributed by atoms with Crippen molar-refractivity contribution in [1.29, 1.82) is 0 Å². The molecule has 3 heterocycles. The van der Waals surface area contributed by atoms with E-state index >= 15 is 0 Å². The summed E-state index contributed by atoms with van der Waals surface area (Å²) in [7, 11) is 0. The summed E-state index contributed by atoms with van der Waals surface area (Å²) in [6.07, 6.45) is 1.89. The van der Waals surface area contributed by atoms with Crippen molar-refractivity contribution in [2.75, 3.05) is 0 Å². The molecule has 0 atom stereocenters. The van der Waals surface area contributed by atoms with Crippen molar-refractivity contribution in [3.05, 3.63) is 59.5 Å². The molecule has 4 heteroatoms. The summed E-state index contributed by atoms with van der Waals surface area (Å²) in [6.45, 7) is 6.15. The average Bonchev–Trinajstić information content (AvgIpc) is 2.89. The Hall–Kier alpha value is -2.75. The van der Waals surface area contributed by atoms with E-state index in [1.807, 2.05) is 41.9 Å². The number of para-hydroxylation sites is 1. The fourth-order valence-electron chi connectivity index (χ4n) is 2.90. The van der Waals surface area contributed by atoms with Gasteiger partial charge in [-0.05, 0) is 38.5 Å². The third-order valence-corrected chi connectivity index (χ3v) is 4.05. The number of nitrogens with zero attached hydrogens (tertiary/aromatic N) is 4. The monoisotopic (exact) mass is 288 g/mol. The Morgan fingerprint density at radius 3 is 2.68 bits per heavy atom. The summed E-state index contributed by atoms with van der Waals surface area (Å²) in [4.78, 5) is 9.31. The van der Waals surface area contributed by atoms with Gasteiger partial charge in [-0.1, -0.05) is 18.2 Å². The highest BCUT2D eigenvalue weighted by molar-refractivity contribution is 5.85. The van der Waals surface area contributed by atoms with E-state index in [-0.39, 0.29) is 0 Å². The molecule has 1 aromatic carbocycles. The normalized spacial score (nSPS) is 11.4. The Morgan fingerprint density at radius 2 is 1.82 bits per heavy atom. The lowest BCUT2D eigenvalue weighted by molar-refractivity contribution is 0.879. The number of aromatic nitrogens is 4. The Kier molecular flexibility index (Phi) is 2.73. The lowest BCUT2D eigenvalue weighted by Crippen LogP contribution is -2.00. The van der Waals surface area contributed by atoms with Crippen LogP contribution in [0.5, 0.6) is 0 Å². The summed E-state index contributed by atoms with van der Waals surface area (Å²) in [6, 6.07) is 12.3. The second kappa shape index (κ2) is 4.63. The topological polar surface area (TPSA) is 43.1 Å². The SMILES string of the molecule is Cc1cc2ncc(-c3cc(C)c4ccccc4n3)c(C)n2n1. The maximum atomic E-state index is 4.80. The fraction of sp³-hybridized carbons (Fsp3) is 0.167. The van der Waals surface area contributed by atoms with E-state index in [2.05, 4.69) is 36.1 Å². The molecule has 0 N–H and O–H groups in total. The van der Waals surface area contributed by atoms with Gasteiger partial charge in [0, 0.05) is 23.2 Å². The quantitative estimate of drug-likeness (QED) is 0.534. The highest BCUT2D eigenvalue weighted by atomic mass is 15.3. The second-order valence-electron chi connectivity index (χ2n) is 5.65. The van der Waals surface area contributed by atoms with Gasteiger partial charge in [0.1, 0.15) is 0 Å². The van der Waals surface area contributed by atoms with Gasteiger partial charge in [-0.2, -0.15) is 5.10 Å². The van der Waals surface area contributed by atoms with Crippen molar-refractivity contribution in [2.24, 2.45) is 0 Å². The molecule has 3 aromatic heterocycles. The molecule has 4 nitrogen and oxygen atoms in total. The minimum Gasteiger partial charge on any atom is -0.248 e. The van der Waals surface area contributed by atoms with Crippen molar-refractivity contribution in [3.63, 3.8) is 0 Å². The van der Waals surface area contributed by atoms with Gasteiger partial charge in [-0.25, -0.2) is 14.5 Å². The maximum absolute atomic E-state index is 4.80. The molecular weight excluding hydrogens is 272 g/mol. The van der Waals surface area contributed by atoms with Gasteiger partial charge in [0.05, 0.1) is 22.6 Å². The number of hydrogen-bond acceptors (Lipinski definition) is 3. The lowest BCUT2D eigenvalue weighted by atomic mass is 10.1. The number of hydrogen-bond donors (Lipinski definition) is 0. The van der Waals surface area contributed by atoms with Crippen LogP contribution in [0.25, 0.3) is 27.8 Å². The van der Waals surface area contributed by atoms with Crippen molar-refractivity contribution >= 4 is 16.6 Å². The first-order valence-electron chi connectivity index (χ1n) is 7.32. The zero-order valence-electron chi connectivity index (χ0n) is 12.8. The number of fused-ring (bicyclic) bond motifs is 2. The van der Waals surface area contributed by atoms with E-state index in [1.165, 1.54) is 10.9 Å². The van der Waals surface area contributed by atoms with Crippen molar-refractivity contribution in [1.82, 2.24) is 19.6 Å². The minimum absolute atomic E-state index is 0.872. The van der Waals surface area contributed by atoms with Crippen LogP contribution in [0.3, 0.4) is 0 Å². The van der Waals surface area contributed by atoms with Crippen LogP contribution in [0.15, 0.2) is 42.6 Å². The van der Waals surface area contributed by atoms with Gasteiger partial charge in [0.15, 0.2) is 5.65 Å². The van der Waals surface area contributed by atoms with E-state index in [0.29, 0.717) is 0 Å². The molecule has 4 aromatic rings. The average molecular weight is 288 g/mol. The molecule has 0 bridgehead atoms. The Morgan fingerprint density at radius 1 is 1.00 bits per heavy atom. The van der Waals surface area contributed by atoms with Crippen molar-refractivity contribution in [3.8, 4) is 11.3 Å². The van der Waals surface area contributed by atoms with Crippen LogP contribution in [0, 0.1) is 20.8 Å². The zero-order valence-corrected chi connectivity index (χ0v) is 12.8. The van der Waals surface area contributed by atoms with Crippen molar-refractivity contribution < 1.29 is 0 Å². The molecule has 0 saturated heterocycles. The summed E-state index contributed by atoms with van der Waals surface area (Å²) in [5.41, 5.74) is 7.08. The van der Waals surface area contributed by atoms with Crippen LogP contribution in [0.2, 0.25) is 0 Å². The number of rotatable bonds is 1. The highest BCUT2D eigenvalue weighted by Crippen LogP contribution is 2.26. The first-order chi connectivity index (χ1) is 10.6. The first-order valence-corrected chi connectivity index (χ1v) is 7.32. The van der Waals surface area contributed by atoms with Gasteiger partial charge < -0.3 is 0 Å². The number of benzene rings is 1. The molecule has 0 spiro atoms. The molecule has 0 radical (unpaired) electrons. The molecule has 0 saturated carbocycles. The Labute approximate surface area is 128 Å². The first kappa shape index (κ1) is 13.0. The van der Waals surface area contributed by atoms with Gasteiger partial charge in [0.25, 0.3) is 0 Å². The maximum Gasteiger partial charge on any atom is 0.155 e. The van der Waals surface area contributed by atoms with Gasteiger partial charge in [0.2, 0.25) is 0 Å². The molecule has 0 aliphatic rings. The minimum atomic E-state index is 0.872. The van der Waals surface area contributed by atoms with E-state index in [1.54, 1.807) is 0 Å². The molecule has 0 aliphatic heterocycles. The lowest BCUT2D eigenvalue weighted by Gasteiger charge is -2.09. The van der Waals surface area contributed by atoms with E-state index < -0.39 is 0 Å². The molecule has 108 valence electrons. The summed E-state index contributed by atoms with van der Waals surface area (Å²) in [5.74, 6) is 0. The van der Waals surface area contributed by atoms with E-state index in [0.717, 1.165) is 33.8 Å². The molecular formula is C18H16N4.